The predicted molar refractivity (Wildman–Crippen MR) is 117 cm³/mol. The van der Waals surface area contributed by atoms with Gasteiger partial charge in [-0.3, -0.25) is 0 Å². The number of benzene rings is 2. The molecule has 0 bridgehead atoms. The quantitative estimate of drug-likeness (QED) is 0.578. The van der Waals surface area contributed by atoms with E-state index >= 15 is 0 Å². The summed E-state index contributed by atoms with van der Waals surface area (Å²) in [6.45, 7) is 8.12. The second-order valence-electron chi connectivity index (χ2n) is 7.59. The zero-order valence-electron chi connectivity index (χ0n) is 15.7. The van der Waals surface area contributed by atoms with Crippen molar-refractivity contribution in [2.75, 3.05) is 0 Å². The molecule has 2 rings (SSSR count). The maximum atomic E-state index is 12.0. The largest absolute Gasteiger partial charge is 0.424 e. The molecule has 1 atom stereocenters. The van der Waals surface area contributed by atoms with Crippen molar-refractivity contribution in [3.05, 3.63) is 71.7 Å². The Morgan fingerprint density at radius 1 is 1.04 bits per heavy atom. The summed E-state index contributed by atoms with van der Waals surface area (Å²) in [6, 6.07) is 20.1. The molecule has 140 valence electrons. The molecule has 0 spiro atoms. The van der Waals surface area contributed by atoms with Gasteiger partial charge in [0.05, 0.1) is 6.10 Å². The highest BCUT2D eigenvalue weighted by atomic mass is 79.9. The molecule has 2 N–H and O–H groups in total. The second-order valence-corrected chi connectivity index (χ2v) is 12.6. The van der Waals surface area contributed by atoms with Crippen LogP contribution in [0.2, 0.25) is 5.04 Å². The van der Waals surface area contributed by atoms with Crippen LogP contribution in [-0.2, 0) is 0 Å². The van der Waals surface area contributed by atoms with Crippen LogP contribution in [0.5, 0.6) is 0 Å². The Morgan fingerprint density at radius 2 is 1.50 bits per heavy atom. The van der Waals surface area contributed by atoms with Gasteiger partial charge in [0.2, 0.25) is 0 Å². The SMILES string of the molecule is C=C(Br)CC(O)CCCC(C)(C)[Si](O)(c1ccccc1)c1ccccc1. The van der Waals surface area contributed by atoms with E-state index in [0.717, 1.165) is 27.7 Å². The van der Waals surface area contributed by atoms with Gasteiger partial charge < -0.3 is 9.90 Å². The van der Waals surface area contributed by atoms with Crippen LogP contribution >= 0.6 is 15.9 Å². The van der Waals surface area contributed by atoms with Crippen LogP contribution in [0.1, 0.15) is 39.5 Å². The Hall–Kier alpha value is -1.20. The molecule has 0 aliphatic carbocycles. The van der Waals surface area contributed by atoms with Crippen LogP contribution in [0.3, 0.4) is 0 Å². The Morgan fingerprint density at radius 3 is 1.92 bits per heavy atom. The number of aliphatic hydroxyl groups is 1. The molecule has 2 nitrogen and oxygen atoms in total. The third-order valence-corrected chi connectivity index (χ3v) is 10.0. The molecule has 26 heavy (non-hydrogen) atoms. The molecule has 0 aliphatic rings. The first-order valence-electron chi connectivity index (χ1n) is 9.12. The standard InChI is InChI=1S/C22H29BrO2Si/c1-18(23)17-19(24)11-10-16-22(2,3)26(25,20-12-6-4-7-13-20)21-14-8-5-9-15-21/h4-9,12-15,19,24-25H,1,10-11,16-17H2,2-3H3. The van der Waals surface area contributed by atoms with E-state index in [1.807, 2.05) is 60.7 Å². The van der Waals surface area contributed by atoms with Crippen molar-refractivity contribution >= 4 is 34.6 Å². The van der Waals surface area contributed by atoms with Gasteiger partial charge in [0, 0.05) is 6.42 Å². The molecule has 1 unspecified atom stereocenters. The van der Waals surface area contributed by atoms with E-state index in [2.05, 4.69) is 36.4 Å². The fourth-order valence-electron chi connectivity index (χ4n) is 3.63. The molecule has 0 aromatic heterocycles. The van der Waals surface area contributed by atoms with Gasteiger partial charge in [0.1, 0.15) is 0 Å². The van der Waals surface area contributed by atoms with Crippen molar-refractivity contribution in [2.45, 2.75) is 50.7 Å². The summed E-state index contributed by atoms with van der Waals surface area (Å²) in [5.41, 5.74) is 0. The third kappa shape index (κ3) is 4.95. The summed E-state index contributed by atoms with van der Waals surface area (Å²) >= 11 is 3.31. The Kier molecular flexibility index (Phi) is 7.41. The van der Waals surface area contributed by atoms with Crippen LogP contribution in [0.15, 0.2) is 71.7 Å². The summed E-state index contributed by atoms with van der Waals surface area (Å²) in [4.78, 5) is 12.0. The summed E-state index contributed by atoms with van der Waals surface area (Å²) < 4.78 is 0.823. The smallest absolute Gasteiger partial charge is 0.258 e. The lowest BCUT2D eigenvalue weighted by Gasteiger charge is -2.41. The van der Waals surface area contributed by atoms with Gasteiger partial charge in [-0.05, 0) is 32.7 Å². The molecule has 0 heterocycles. The lowest BCUT2D eigenvalue weighted by Crippen LogP contribution is -2.65. The molecular formula is C22H29BrO2Si. The van der Waals surface area contributed by atoms with Gasteiger partial charge in [-0.2, -0.15) is 0 Å². The topological polar surface area (TPSA) is 40.5 Å². The van der Waals surface area contributed by atoms with Crippen molar-refractivity contribution in [1.82, 2.24) is 0 Å². The molecule has 2 aromatic carbocycles. The van der Waals surface area contributed by atoms with Crippen LogP contribution in [0.25, 0.3) is 0 Å². The average molecular weight is 433 g/mol. The highest BCUT2D eigenvalue weighted by Crippen LogP contribution is 2.40. The van der Waals surface area contributed by atoms with Gasteiger partial charge in [0.25, 0.3) is 8.32 Å². The highest BCUT2D eigenvalue weighted by Gasteiger charge is 2.49. The first-order chi connectivity index (χ1) is 12.3. The molecular weight excluding hydrogens is 404 g/mol. The van der Waals surface area contributed by atoms with E-state index in [4.69, 9.17) is 0 Å². The predicted octanol–water partition coefficient (Wildman–Crippen LogP) is 4.35. The molecule has 0 fully saturated rings. The summed E-state index contributed by atoms with van der Waals surface area (Å²) in [5, 5.41) is 11.9. The lowest BCUT2D eigenvalue weighted by atomic mass is 10.0. The number of aliphatic hydroxyl groups excluding tert-OH is 1. The minimum atomic E-state index is -2.94. The molecule has 0 saturated heterocycles. The van der Waals surface area contributed by atoms with Gasteiger partial charge in [-0.25, -0.2) is 0 Å². The fourth-order valence-corrected chi connectivity index (χ4v) is 7.78. The van der Waals surface area contributed by atoms with Crippen molar-refractivity contribution in [3.8, 4) is 0 Å². The zero-order chi connectivity index (χ0) is 19.2. The number of halogens is 1. The fraction of sp³-hybridized carbons (Fsp3) is 0.364. The minimum Gasteiger partial charge on any atom is -0.424 e. The average Bonchev–Trinajstić information content (AvgIpc) is 2.61. The monoisotopic (exact) mass is 432 g/mol. The maximum absolute atomic E-state index is 12.0. The minimum absolute atomic E-state index is 0.263. The molecule has 0 aliphatic heterocycles. The van der Waals surface area contributed by atoms with Crippen LogP contribution in [-0.4, -0.2) is 24.3 Å². The molecule has 0 radical (unpaired) electrons. The Bertz CT molecular complexity index is 661. The van der Waals surface area contributed by atoms with Crippen LogP contribution in [0.4, 0.5) is 0 Å². The van der Waals surface area contributed by atoms with Crippen molar-refractivity contribution in [3.63, 3.8) is 0 Å². The van der Waals surface area contributed by atoms with E-state index in [1.165, 1.54) is 0 Å². The van der Waals surface area contributed by atoms with Gasteiger partial charge in [0.15, 0.2) is 0 Å². The highest BCUT2D eigenvalue weighted by molar-refractivity contribution is 9.11. The first-order valence-corrected chi connectivity index (χ1v) is 11.9. The Labute approximate surface area is 166 Å². The normalized spacial score (nSPS) is 13.4. The zero-order valence-corrected chi connectivity index (χ0v) is 18.2. The van der Waals surface area contributed by atoms with Crippen molar-refractivity contribution in [2.24, 2.45) is 0 Å². The maximum Gasteiger partial charge on any atom is 0.258 e. The van der Waals surface area contributed by atoms with E-state index < -0.39 is 8.32 Å². The van der Waals surface area contributed by atoms with Crippen LogP contribution in [0, 0.1) is 0 Å². The summed E-state index contributed by atoms with van der Waals surface area (Å²) in [7, 11) is -2.94. The number of hydrogen-bond acceptors (Lipinski definition) is 2. The number of hydrogen-bond donors (Lipinski definition) is 2. The second kappa shape index (κ2) is 9.13. The van der Waals surface area contributed by atoms with Gasteiger partial charge in [-0.1, -0.05) is 103 Å². The molecule has 0 saturated carbocycles. The van der Waals surface area contributed by atoms with Crippen LogP contribution < -0.4 is 10.4 Å². The summed E-state index contributed by atoms with van der Waals surface area (Å²) in [6.07, 6.45) is 2.61. The van der Waals surface area contributed by atoms with Crippen molar-refractivity contribution in [1.29, 1.82) is 0 Å². The van der Waals surface area contributed by atoms with Gasteiger partial charge in [-0.15, -0.1) is 0 Å². The van der Waals surface area contributed by atoms with E-state index in [9.17, 15) is 9.90 Å². The van der Waals surface area contributed by atoms with E-state index in [-0.39, 0.29) is 11.1 Å². The van der Waals surface area contributed by atoms with E-state index in [0.29, 0.717) is 12.8 Å². The molecule has 2 aromatic rings. The van der Waals surface area contributed by atoms with Crippen molar-refractivity contribution < 1.29 is 9.90 Å². The number of rotatable bonds is 9. The summed E-state index contributed by atoms with van der Waals surface area (Å²) in [5.74, 6) is 0. The third-order valence-electron chi connectivity index (χ3n) is 5.16. The Balaban J connectivity index is 2.26. The van der Waals surface area contributed by atoms with Gasteiger partial charge >= 0.3 is 0 Å². The molecule has 0 amide bonds. The van der Waals surface area contributed by atoms with E-state index in [1.54, 1.807) is 0 Å². The molecule has 4 heteroatoms. The lowest BCUT2D eigenvalue weighted by molar-refractivity contribution is 0.161. The first kappa shape index (κ1) is 21.1.